The highest BCUT2D eigenvalue weighted by atomic mass is 16.5. The van der Waals surface area contributed by atoms with Crippen molar-refractivity contribution in [3.8, 4) is 0 Å². The predicted octanol–water partition coefficient (Wildman–Crippen LogP) is 4.71. The molecule has 108 valence electrons. The first-order valence-corrected chi connectivity index (χ1v) is 7.45. The molecule has 0 saturated heterocycles. The van der Waals surface area contributed by atoms with Gasteiger partial charge in [0.25, 0.3) is 0 Å². The molecule has 0 amide bonds. The van der Waals surface area contributed by atoms with E-state index in [1.165, 1.54) is 27.1 Å². The van der Waals surface area contributed by atoms with Crippen LogP contribution in [0.5, 0.6) is 0 Å². The fraction of sp³-hybridized carbons (Fsp3) is 0.150. The van der Waals surface area contributed by atoms with Crippen LogP contribution < -0.4 is 0 Å². The molecule has 0 saturated carbocycles. The molecule has 0 aromatic heterocycles. The molecule has 2 nitrogen and oxygen atoms in total. The minimum atomic E-state index is -0.320. The second-order valence-electron chi connectivity index (χ2n) is 5.90. The smallest absolute Gasteiger partial charge is 0.333 e. The van der Waals surface area contributed by atoms with Crippen LogP contribution in [0.4, 0.5) is 0 Å². The highest BCUT2D eigenvalue weighted by Gasteiger charge is 2.28. The van der Waals surface area contributed by atoms with Gasteiger partial charge in [-0.15, -0.1) is 0 Å². The summed E-state index contributed by atoms with van der Waals surface area (Å²) in [5, 5.41) is 4.92. The Morgan fingerprint density at radius 1 is 1.14 bits per heavy atom. The molecule has 0 bridgehead atoms. The summed E-state index contributed by atoms with van der Waals surface area (Å²) in [5.74, 6) is -0.320. The summed E-state index contributed by atoms with van der Waals surface area (Å²) in [6.45, 7) is 5.35. The van der Waals surface area contributed by atoms with Crippen LogP contribution in [0.1, 0.15) is 24.2 Å². The standard InChI is InChI=1S/C20H16O2/c1-12(2)20(21)22-18-11-17-15-8-4-3-6-13(15)10-14-7-5-9-16(18)19(14)17/h3-10,18H,1,11H2,2H3. The van der Waals surface area contributed by atoms with Crippen LogP contribution >= 0.6 is 0 Å². The molecule has 1 aliphatic carbocycles. The third-order valence-corrected chi connectivity index (χ3v) is 4.36. The highest BCUT2D eigenvalue weighted by Crippen LogP contribution is 2.42. The lowest BCUT2D eigenvalue weighted by Gasteiger charge is -2.13. The van der Waals surface area contributed by atoms with Crippen LogP contribution in [0, 0.1) is 0 Å². The van der Waals surface area contributed by atoms with E-state index in [4.69, 9.17) is 4.74 Å². The SMILES string of the molecule is C=C(C)C(=O)OC1Cc2c3ccccc3cc3cccc1c23. The molecule has 0 N–H and O–H groups in total. The van der Waals surface area contributed by atoms with Crippen molar-refractivity contribution in [3.05, 3.63) is 71.8 Å². The number of fused-ring (bicyclic) bond motifs is 2. The molecular weight excluding hydrogens is 272 g/mol. The van der Waals surface area contributed by atoms with Crippen LogP contribution in [0.15, 0.2) is 60.7 Å². The van der Waals surface area contributed by atoms with Crippen molar-refractivity contribution in [2.45, 2.75) is 19.4 Å². The molecule has 1 aliphatic rings. The Kier molecular flexibility index (Phi) is 2.80. The summed E-state index contributed by atoms with van der Waals surface area (Å²) in [6, 6.07) is 16.8. The van der Waals surface area contributed by atoms with Gasteiger partial charge in [-0.05, 0) is 40.1 Å². The molecule has 3 aromatic carbocycles. The second-order valence-corrected chi connectivity index (χ2v) is 5.90. The Bertz CT molecular complexity index is 937. The van der Waals surface area contributed by atoms with Gasteiger partial charge in [-0.1, -0.05) is 49.0 Å². The molecule has 3 aromatic rings. The zero-order valence-corrected chi connectivity index (χ0v) is 12.4. The first-order valence-electron chi connectivity index (χ1n) is 7.45. The van der Waals surface area contributed by atoms with Crippen molar-refractivity contribution >= 4 is 27.5 Å². The fourth-order valence-electron chi connectivity index (χ4n) is 3.37. The van der Waals surface area contributed by atoms with E-state index in [0.717, 1.165) is 12.0 Å². The van der Waals surface area contributed by atoms with E-state index >= 15 is 0 Å². The minimum absolute atomic E-state index is 0.214. The summed E-state index contributed by atoms with van der Waals surface area (Å²) >= 11 is 0. The van der Waals surface area contributed by atoms with Crippen molar-refractivity contribution < 1.29 is 9.53 Å². The predicted molar refractivity (Wildman–Crippen MR) is 88.8 cm³/mol. The molecule has 2 heteroatoms. The largest absolute Gasteiger partial charge is 0.454 e. The summed E-state index contributed by atoms with van der Waals surface area (Å²) < 4.78 is 5.66. The van der Waals surface area contributed by atoms with Gasteiger partial charge in [0, 0.05) is 17.6 Å². The number of hydrogen-bond acceptors (Lipinski definition) is 2. The number of carbonyl (C=O) groups is 1. The lowest BCUT2D eigenvalue weighted by atomic mass is 9.98. The average molecular weight is 288 g/mol. The molecule has 22 heavy (non-hydrogen) atoms. The van der Waals surface area contributed by atoms with E-state index in [1.807, 2.05) is 6.07 Å². The van der Waals surface area contributed by atoms with E-state index in [1.54, 1.807) is 6.92 Å². The van der Waals surface area contributed by atoms with Crippen molar-refractivity contribution in [1.82, 2.24) is 0 Å². The van der Waals surface area contributed by atoms with Crippen LogP contribution in [0.25, 0.3) is 21.5 Å². The van der Waals surface area contributed by atoms with Crippen LogP contribution in [-0.2, 0) is 16.0 Å². The summed E-state index contributed by atoms with van der Waals surface area (Å²) in [6.07, 6.45) is 0.518. The van der Waals surface area contributed by atoms with Gasteiger partial charge in [-0.25, -0.2) is 4.79 Å². The van der Waals surface area contributed by atoms with Crippen molar-refractivity contribution in [2.24, 2.45) is 0 Å². The number of ether oxygens (including phenoxy) is 1. The monoisotopic (exact) mass is 288 g/mol. The van der Waals surface area contributed by atoms with Gasteiger partial charge in [0.1, 0.15) is 6.10 Å². The number of hydrogen-bond donors (Lipinski definition) is 0. The molecule has 1 unspecified atom stereocenters. The zero-order valence-electron chi connectivity index (χ0n) is 12.4. The van der Waals surface area contributed by atoms with Gasteiger partial charge in [-0.2, -0.15) is 0 Å². The van der Waals surface area contributed by atoms with Gasteiger partial charge in [0.15, 0.2) is 0 Å². The van der Waals surface area contributed by atoms with Gasteiger partial charge in [0.2, 0.25) is 0 Å². The third-order valence-electron chi connectivity index (χ3n) is 4.36. The fourth-order valence-corrected chi connectivity index (χ4v) is 3.37. The van der Waals surface area contributed by atoms with Crippen LogP contribution in [0.2, 0.25) is 0 Å². The number of esters is 1. The lowest BCUT2D eigenvalue weighted by molar-refractivity contribution is -0.144. The number of rotatable bonds is 2. The van der Waals surface area contributed by atoms with E-state index in [9.17, 15) is 4.79 Å². The Morgan fingerprint density at radius 2 is 1.91 bits per heavy atom. The van der Waals surface area contributed by atoms with Crippen LogP contribution in [-0.4, -0.2) is 5.97 Å². The normalized spacial score (nSPS) is 16.1. The van der Waals surface area contributed by atoms with Crippen LogP contribution in [0.3, 0.4) is 0 Å². The maximum atomic E-state index is 11.9. The zero-order chi connectivity index (χ0) is 15.3. The molecule has 0 aliphatic heterocycles. The maximum absolute atomic E-state index is 11.9. The Hall–Kier alpha value is -2.61. The first-order chi connectivity index (χ1) is 10.6. The van der Waals surface area contributed by atoms with Crippen molar-refractivity contribution in [1.29, 1.82) is 0 Å². The van der Waals surface area contributed by atoms with Gasteiger partial charge in [0.05, 0.1) is 0 Å². The second kappa shape index (κ2) is 4.70. The highest BCUT2D eigenvalue weighted by molar-refractivity contribution is 6.05. The summed E-state index contributed by atoms with van der Waals surface area (Å²) in [4.78, 5) is 11.9. The Balaban J connectivity index is 1.92. The van der Waals surface area contributed by atoms with Crippen molar-refractivity contribution in [2.75, 3.05) is 0 Å². The van der Waals surface area contributed by atoms with E-state index in [0.29, 0.717) is 5.57 Å². The Labute approximate surface area is 129 Å². The van der Waals surface area contributed by atoms with E-state index < -0.39 is 0 Å². The minimum Gasteiger partial charge on any atom is -0.454 e. The van der Waals surface area contributed by atoms with Gasteiger partial charge in [-0.3, -0.25) is 0 Å². The molecule has 0 heterocycles. The molecule has 0 fully saturated rings. The third kappa shape index (κ3) is 1.84. The number of benzene rings is 3. The van der Waals surface area contributed by atoms with Crippen molar-refractivity contribution in [3.63, 3.8) is 0 Å². The Morgan fingerprint density at radius 3 is 2.73 bits per heavy atom. The summed E-state index contributed by atoms with van der Waals surface area (Å²) in [5.41, 5.74) is 2.82. The molecule has 1 atom stereocenters. The lowest BCUT2D eigenvalue weighted by Crippen LogP contribution is -2.11. The topological polar surface area (TPSA) is 26.3 Å². The van der Waals surface area contributed by atoms with Gasteiger partial charge >= 0.3 is 5.97 Å². The summed E-state index contributed by atoms with van der Waals surface area (Å²) in [7, 11) is 0. The van der Waals surface area contributed by atoms with Gasteiger partial charge < -0.3 is 4.74 Å². The van der Waals surface area contributed by atoms with E-state index in [-0.39, 0.29) is 12.1 Å². The van der Waals surface area contributed by atoms with E-state index in [2.05, 4.69) is 49.0 Å². The number of carbonyl (C=O) groups excluding carboxylic acids is 1. The maximum Gasteiger partial charge on any atom is 0.333 e. The molecular formula is C20H16O2. The quantitative estimate of drug-likeness (QED) is 0.388. The first kappa shape index (κ1) is 13.1. The average Bonchev–Trinajstić information content (AvgIpc) is 2.88. The molecule has 4 rings (SSSR count). The molecule has 0 spiro atoms. The molecule has 0 radical (unpaired) electrons.